The average molecular weight is 370 g/mol. The minimum absolute atomic E-state index is 0.241. The van der Waals surface area contributed by atoms with Crippen molar-refractivity contribution in [3.05, 3.63) is 76.5 Å². The molecule has 1 heterocycles. The molecule has 3 rings (SSSR count). The first kappa shape index (κ1) is 15.6. The third-order valence-corrected chi connectivity index (χ3v) is 4.13. The van der Waals surface area contributed by atoms with Gasteiger partial charge in [-0.1, -0.05) is 53.2 Å². The first-order chi connectivity index (χ1) is 11.2. The van der Waals surface area contributed by atoms with Crippen LogP contribution in [-0.2, 0) is 6.42 Å². The van der Waals surface area contributed by atoms with Crippen molar-refractivity contribution < 1.29 is 9.21 Å². The summed E-state index contributed by atoms with van der Waals surface area (Å²) >= 11 is 3.40. The molecule has 1 amide bonds. The number of rotatable bonds is 4. The van der Waals surface area contributed by atoms with Gasteiger partial charge in [-0.15, -0.1) is 0 Å². The molecule has 1 aromatic heterocycles. The minimum atomic E-state index is -0.241. The number of amides is 1. The van der Waals surface area contributed by atoms with Crippen LogP contribution in [0, 0.1) is 0 Å². The summed E-state index contributed by atoms with van der Waals surface area (Å²) in [6.45, 7) is 2.06. The third-order valence-electron chi connectivity index (χ3n) is 3.60. The van der Waals surface area contributed by atoms with Crippen LogP contribution in [0.3, 0.4) is 0 Å². The number of nitrogens with one attached hydrogen (secondary N) is 1. The predicted octanol–water partition coefficient (Wildman–Crippen LogP) is 5.52. The van der Waals surface area contributed by atoms with E-state index in [-0.39, 0.29) is 5.91 Å². The Morgan fingerprint density at radius 3 is 2.52 bits per heavy atom. The number of furan rings is 1. The predicted molar refractivity (Wildman–Crippen MR) is 95.6 cm³/mol. The second kappa shape index (κ2) is 6.84. The molecule has 3 nitrogen and oxygen atoms in total. The number of benzene rings is 2. The van der Waals surface area contributed by atoms with Gasteiger partial charge in [-0.3, -0.25) is 4.79 Å². The first-order valence-corrected chi connectivity index (χ1v) is 8.21. The summed E-state index contributed by atoms with van der Waals surface area (Å²) in [6, 6.07) is 19.0. The molecule has 0 saturated heterocycles. The standard InChI is InChI=1S/C19H16BrNO2/c1-2-13-5-3-4-6-16(13)21-19(22)18-12-11-17(23-18)14-7-9-15(20)10-8-14/h3-12H,2H2,1H3,(H,21,22). The van der Waals surface area contributed by atoms with Crippen molar-refractivity contribution in [3.8, 4) is 11.3 Å². The van der Waals surface area contributed by atoms with E-state index in [9.17, 15) is 4.79 Å². The third kappa shape index (κ3) is 3.54. The number of hydrogen-bond acceptors (Lipinski definition) is 2. The quantitative estimate of drug-likeness (QED) is 0.657. The maximum atomic E-state index is 12.4. The Bertz CT molecular complexity index is 821. The fraction of sp³-hybridized carbons (Fsp3) is 0.105. The lowest BCUT2D eigenvalue weighted by molar-refractivity contribution is 0.0997. The molecule has 0 spiro atoms. The van der Waals surface area contributed by atoms with Gasteiger partial charge in [-0.05, 0) is 42.3 Å². The molecule has 4 heteroatoms. The first-order valence-electron chi connectivity index (χ1n) is 7.42. The Hall–Kier alpha value is -2.33. The van der Waals surface area contributed by atoms with Gasteiger partial charge in [-0.25, -0.2) is 0 Å². The van der Waals surface area contributed by atoms with Gasteiger partial charge in [0.1, 0.15) is 5.76 Å². The molecular weight excluding hydrogens is 354 g/mol. The highest BCUT2D eigenvalue weighted by Gasteiger charge is 2.13. The van der Waals surface area contributed by atoms with Crippen LogP contribution in [-0.4, -0.2) is 5.91 Å². The van der Waals surface area contributed by atoms with Gasteiger partial charge in [0.05, 0.1) is 0 Å². The zero-order chi connectivity index (χ0) is 16.2. The Labute approximate surface area is 143 Å². The zero-order valence-electron chi connectivity index (χ0n) is 12.7. The van der Waals surface area contributed by atoms with E-state index >= 15 is 0 Å². The lowest BCUT2D eigenvalue weighted by Crippen LogP contribution is -2.12. The maximum Gasteiger partial charge on any atom is 0.291 e. The van der Waals surface area contributed by atoms with E-state index in [0.717, 1.165) is 27.7 Å². The van der Waals surface area contributed by atoms with Gasteiger partial charge in [0.25, 0.3) is 5.91 Å². The zero-order valence-corrected chi connectivity index (χ0v) is 14.3. The summed E-state index contributed by atoms with van der Waals surface area (Å²) in [4.78, 5) is 12.4. The van der Waals surface area contributed by atoms with Gasteiger partial charge in [-0.2, -0.15) is 0 Å². The largest absolute Gasteiger partial charge is 0.451 e. The van der Waals surface area contributed by atoms with Crippen molar-refractivity contribution >= 4 is 27.5 Å². The van der Waals surface area contributed by atoms with Gasteiger partial charge < -0.3 is 9.73 Å². The second-order valence-corrected chi connectivity index (χ2v) is 6.05. The van der Waals surface area contributed by atoms with Crippen molar-refractivity contribution in [1.29, 1.82) is 0 Å². The number of carbonyl (C=O) groups is 1. The Morgan fingerprint density at radius 1 is 1.04 bits per heavy atom. The summed E-state index contributed by atoms with van der Waals surface area (Å²) < 4.78 is 6.69. The molecule has 0 aliphatic rings. The van der Waals surface area contributed by atoms with E-state index < -0.39 is 0 Å². The van der Waals surface area contributed by atoms with Gasteiger partial charge in [0, 0.05) is 15.7 Å². The Morgan fingerprint density at radius 2 is 1.78 bits per heavy atom. The molecule has 0 bridgehead atoms. The number of para-hydroxylation sites is 1. The molecule has 2 aromatic carbocycles. The summed E-state index contributed by atoms with van der Waals surface area (Å²) in [5, 5.41) is 2.91. The van der Waals surface area contributed by atoms with E-state index in [4.69, 9.17) is 4.42 Å². The van der Waals surface area contributed by atoms with Crippen LogP contribution in [0.5, 0.6) is 0 Å². The second-order valence-electron chi connectivity index (χ2n) is 5.14. The lowest BCUT2D eigenvalue weighted by Gasteiger charge is -2.08. The van der Waals surface area contributed by atoms with Gasteiger partial charge in [0.2, 0.25) is 0 Å². The number of hydrogen-bond donors (Lipinski definition) is 1. The fourth-order valence-electron chi connectivity index (χ4n) is 2.36. The number of carbonyl (C=O) groups excluding carboxylic acids is 1. The Kier molecular flexibility index (Phi) is 4.63. The maximum absolute atomic E-state index is 12.4. The number of aryl methyl sites for hydroxylation is 1. The van der Waals surface area contributed by atoms with Crippen LogP contribution >= 0.6 is 15.9 Å². The molecule has 0 saturated carbocycles. The van der Waals surface area contributed by atoms with E-state index in [1.165, 1.54) is 0 Å². The summed E-state index contributed by atoms with van der Waals surface area (Å²) in [5.41, 5.74) is 2.85. The van der Waals surface area contributed by atoms with E-state index in [1.807, 2.05) is 54.6 Å². The highest BCUT2D eigenvalue weighted by Crippen LogP contribution is 2.25. The van der Waals surface area contributed by atoms with Crippen molar-refractivity contribution in [2.75, 3.05) is 5.32 Å². The SMILES string of the molecule is CCc1ccccc1NC(=O)c1ccc(-c2ccc(Br)cc2)o1. The van der Waals surface area contributed by atoms with E-state index in [2.05, 4.69) is 28.2 Å². The van der Waals surface area contributed by atoms with Crippen LogP contribution in [0.2, 0.25) is 0 Å². The van der Waals surface area contributed by atoms with Crippen molar-refractivity contribution in [1.82, 2.24) is 0 Å². The molecule has 0 radical (unpaired) electrons. The van der Waals surface area contributed by atoms with Crippen molar-refractivity contribution in [2.45, 2.75) is 13.3 Å². The molecule has 0 fully saturated rings. The summed E-state index contributed by atoms with van der Waals surface area (Å²) in [5.74, 6) is 0.731. The molecule has 0 aliphatic heterocycles. The fourth-order valence-corrected chi connectivity index (χ4v) is 2.63. The molecule has 0 unspecified atom stereocenters. The van der Waals surface area contributed by atoms with Crippen molar-refractivity contribution in [2.24, 2.45) is 0 Å². The van der Waals surface area contributed by atoms with Crippen LogP contribution in [0.4, 0.5) is 5.69 Å². The lowest BCUT2D eigenvalue weighted by atomic mass is 10.1. The number of halogens is 1. The Balaban J connectivity index is 1.80. The molecule has 1 N–H and O–H groups in total. The molecule has 0 atom stereocenters. The molecular formula is C19H16BrNO2. The highest BCUT2D eigenvalue weighted by atomic mass is 79.9. The number of anilines is 1. The van der Waals surface area contributed by atoms with E-state index in [0.29, 0.717) is 11.5 Å². The molecule has 23 heavy (non-hydrogen) atoms. The van der Waals surface area contributed by atoms with E-state index in [1.54, 1.807) is 6.07 Å². The minimum Gasteiger partial charge on any atom is -0.451 e. The summed E-state index contributed by atoms with van der Waals surface area (Å²) in [6.07, 6.45) is 0.860. The summed E-state index contributed by atoms with van der Waals surface area (Å²) in [7, 11) is 0. The smallest absolute Gasteiger partial charge is 0.291 e. The molecule has 3 aromatic rings. The normalized spacial score (nSPS) is 10.5. The van der Waals surface area contributed by atoms with Crippen LogP contribution in [0.25, 0.3) is 11.3 Å². The van der Waals surface area contributed by atoms with Crippen LogP contribution < -0.4 is 5.32 Å². The topological polar surface area (TPSA) is 42.2 Å². The van der Waals surface area contributed by atoms with Crippen LogP contribution in [0.15, 0.2) is 69.6 Å². The highest BCUT2D eigenvalue weighted by molar-refractivity contribution is 9.10. The van der Waals surface area contributed by atoms with Crippen LogP contribution in [0.1, 0.15) is 23.0 Å². The molecule has 116 valence electrons. The average Bonchev–Trinajstić information content (AvgIpc) is 3.06. The molecule has 0 aliphatic carbocycles. The van der Waals surface area contributed by atoms with Gasteiger partial charge in [0.15, 0.2) is 5.76 Å². The monoisotopic (exact) mass is 369 g/mol. The van der Waals surface area contributed by atoms with Gasteiger partial charge >= 0.3 is 0 Å². The van der Waals surface area contributed by atoms with Crippen molar-refractivity contribution in [3.63, 3.8) is 0 Å².